The van der Waals surface area contributed by atoms with Gasteiger partial charge in [0.05, 0.1) is 27.5 Å². The van der Waals surface area contributed by atoms with E-state index in [2.05, 4.69) is 31.8 Å². The Morgan fingerprint density at radius 2 is 1.73 bits per heavy atom. The van der Waals surface area contributed by atoms with E-state index in [0.717, 1.165) is 5.56 Å². The van der Waals surface area contributed by atoms with Crippen molar-refractivity contribution in [2.75, 3.05) is 5.32 Å². The molecule has 0 aliphatic rings. The molecule has 3 aromatic carbocycles. The van der Waals surface area contributed by atoms with Crippen LogP contribution in [0.5, 0.6) is 5.75 Å². The largest absolute Gasteiger partial charge is 0.422 e. The van der Waals surface area contributed by atoms with Crippen molar-refractivity contribution in [2.24, 2.45) is 5.10 Å². The van der Waals surface area contributed by atoms with E-state index in [9.17, 15) is 14.4 Å². The number of aryl methyl sites for hydroxylation is 1. The number of carbonyl (C=O) groups excluding carboxylic acids is 3. The van der Waals surface area contributed by atoms with Gasteiger partial charge in [-0.3, -0.25) is 9.59 Å². The first-order valence-corrected chi connectivity index (χ1v) is 11.0. The zero-order valence-corrected chi connectivity index (χ0v) is 20.2. The lowest BCUT2D eigenvalue weighted by molar-refractivity contribution is -0.136. The summed E-state index contributed by atoms with van der Waals surface area (Å²) in [4.78, 5) is 36.6. The van der Waals surface area contributed by atoms with Crippen LogP contribution in [0, 0.1) is 6.92 Å². The van der Waals surface area contributed by atoms with Crippen molar-refractivity contribution in [3.8, 4) is 5.75 Å². The van der Waals surface area contributed by atoms with Crippen LogP contribution in [0.25, 0.3) is 0 Å². The van der Waals surface area contributed by atoms with Gasteiger partial charge >= 0.3 is 17.8 Å². The predicted octanol–water partition coefficient (Wildman–Crippen LogP) is 5.37. The van der Waals surface area contributed by atoms with Crippen LogP contribution < -0.4 is 15.5 Å². The van der Waals surface area contributed by atoms with Crippen LogP contribution in [0.1, 0.15) is 21.5 Å². The van der Waals surface area contributed by atoms with Crippen molar-refractivity contribution in [1.82, 2.24) is 5.43 Å². The average Bonchev–Trinajstić information content (AvgIpc) is 2.78. The molecule has 0 saturated carbocycles. The molecule has 0 bridgehead atoms. The fourth-order valence-electron chi connectivity index (χ4n) is 2.55. The minimum atomic E-state index is -1.03. The third-order valence-electron chi connectivity index (χ3n) is 4.24. The first-order valence-electron chi connectivity index (χ1n) is 9.41. The molecule has 0 atom stereocenters. The van der Waals surface area contributed by atoms with Gasteiger partial charge in [0.15, 0.2) is 0 Å². The monoisotopic (exact) mass is 547 g/mol. The smallest absolute Gasteiger partial charge is 0.343 e. The molecule has 2 amide bonds. The van der Waals surface area contributed by atoms with Gasteiger partial charge in [-0.1, -0.05) is 62.9 Å². The minimum absolute atomic E-state index is 0.109. The molecular formula is C23H16BrCl2N3O4. The highest BCUT2D eigenvalue weighted by molar-refractivity contribution is 9.10. The fourth-order valence-corrected chi connectivity index (χ4v) is 3.28. The molecule has 3 rings (SSSR count). The predicted molar refractivity (Wildman–Crippen MR) is 131 cm³/mol. The number of carbonyl (C=O) groups is 3. The van der Waals surface area contributed by atoms with Gasteiger partial charge in [-0.25, -0.2) is 10.2 Å². The summed E-state index contributed by atoms with van der Waals surface area (Å²) in [6, 6.07) is 16.5. The van der Waals surface area contributed by atoms with Gasteiger partial charge in [0.2, 0.25) is 0 Å². The zero-order valence-electron chi connectivity index (χ0n) is 17.1. The Labute approximate surface area is 207 Å². The van der Waals surface area contributed by atoms with Gasteiger partial charge in [-0.2, -0.15) is 5.10 Å². The molecule has 3 aromatic rings. The van der Waals surface area contributed by atoms with E-state index in [1.165, 1.54) is 12.3 Å². The summed E-state index contributed by atoms with van der Waals surface area (Å²) >= 11 is 15.2. The summed E-state index contributed by atoms with van der Waals surface area (Å²) in [7, 11) is 0. The second-order valence-corrected chi connectivity index (χ2v) is 8.39. The Bertz CT molecular complexity index is 1250. The normalized spacial score (nSPS) is 10.7. The van der Waals surface area contributed by atoms with Crippen molar-refractivity contribution in [3.63, 3.8) is 0 Å². The average molecular weight is 549 g/mol. The second kappa shape index (κ2) is 11.1. The van der Waals surface area contributed by atoms with Gasteiger partial charge in [-0.05, 0) is 49.4 Å². The standard InChI is InChI=1S/C23H16BrCl2N3O4/c1-13-5-7-14(8-6-13)23(32)33-19-10-9-16(24)11-15(19)12-27-29-22(31)21(30)28-18-4-2-3-17(25)20(18)26/h2-12H,1H3,(H,28,30)(H,29,31)/b27-12+. The molecule has 0 saturated heterocycles. The van der Waals surface area contributed by atoms with E-state index >= 15 is 0 Å². The van der Waals surface area contributed by atoms with Crippen molar-refractivity contribution >= 4 is 68.8 Å². The number of esters is 1. The fraction of sp³-hybridized carbons (Fsp3) is 0.0435. The Hall–Kier alpha value is -3.20. The zero-order chi connectivity index (χ0) is 24.0. The Morgan fingerprint density at radius 3 is 2.45 bits per heavy atom. The number of halogens is 3. The summed E-state index contributed by atoms with van der Waals surface area (Å²) in [6.07, 6.45) is 1.25. The van der Waals surface area contributed by atoms with E-state index in [1.54, 1.807) is 54.6 Å². The number of nitrogens with one attached hydrogen (secondary N) is 2. The van der Waals surface area contributed by atoms with Crippen LogP contribution in [0.15, 0.2) is 70.2 Å². The molecule has 33 heavy (non-hydrogen) atoms. The lowest BCUT2D eigenvalue weighted by Gasteiger charge is -2.09. The van der Waals surface area contributed by atoms with Gasteiger partial charge in [0, 0.05) is 10.0 Å². The van der Waals surface area contributed by atoms with Gasteiger partial charge in [0.25, 0.3) is 0 Å². The number of ether oxygens (including phenoxy) is 1. The summed E-state index contributed by atoms with van der Waals surface area (Å²) in [5, 5.41) is 6.47. The second-order valence-electron chi connectivity index (χ2n) is 6.69. The Kier molecular flexibility index (Phi) is 8.21. The molecule has 0 heterocycles. The van der Waals surface area contributed by atoms with Gasteiger partial charge in [0.1, 0.15) is 5.75 Å². The van der Waals surface area contributed by atoms with Crippen LogP contribution >= 0.6 is 39.1 Å². The molecule has 0 spiro atoms. The van der Waals surface area contributed by atoms with Gasteiger partial charge < -0.3 is 10.1 Å². The van der Waals surface area contributed by atoms with Gasteiger partial charge in [-0.15, -0.1) is 0 Å². The lowest BCUT2D eigenvalue weighted by Crippen LogP contribution is -2.32. The maximum atomic E-state index is 12.4. The van der Waals surface area contributed by atoms with Crippen LogP contribution in [0.3, 0.4) is 0 Å². The number of anilines is 1. The highest BCUT2D eigenvalue weighted by atomic mass is 79.9. The Balaban J connectivity index is 1.67. The quantitative estimate of drug-likeness (QED) is 0.147. The summed E-state index contributed by atoms with van der Waals surface area (Å²) in [5.41, 5.74) is 4.09. The summed E-state index contributed by atoms with van der Waals surface area (Å²) in [6.45, 7) is 1.91. The number of benzene rings is 3. The van der Waals surface area contributed by atoms with E-state index in [0.29, 0.717) is 15.6 Å². The third kappa shape index (κ3) is 6.64. The number of hydrazone groups is 1. The van der Waals surface area contributed by atoms with E-state index < -0.39 is 17.8 Å². The lowest BCUT2D eigenvalue weighted by atomic mass is 10.1. The van der Waals surface area contributed by atoms with Crippen molar-refractivity contribution < 1.29 is 19.1 Å². The molecule has 0 fully saturated rings. The van der Waals surface area contributed by atoms with E-state index in [4.69, 9.17) is 27.9 Å². The molecule has 10 heteroatoms. The maximum Gasteiger partial charge on any atom is 0.343 e. The number of hydrogen-bond donors (Lipinski definition) is 2. The molecule has 0 unspecified atom stereocenters. The molecule has 2 N–H and O–H groups in total. The number of rotatable bonds is 5. The molecular weight excluding hydrogens is 533 g/mol. The van der Waals surface area contributed by atoms with Crippen LogP contribution in [-0.4, -0.2) is 24.0 Å². The first kappa shape index (κ1) is 24.4. The maximum absolute atomic E-state index is 12.4. The van der Waals surface area contributed by atoms with Crippen LogP contribution in [-0.2, 0) is 9.59 Å². The van der Waals surface area contributed by atoms with Crippen molar-refractivity contribution in [3.05, 3.63) is 91.9 Å². The molecule has 168 valence electrons. The molecule has 0 aliphatic heterocycles. The minimum Gasteiger partial charge on any atom is -0.422 e. The van der Waals surface area contributed by atoms with Crippen LogP contribution in [0.2, 0.25) is 10.0 Å². The molecule has 0 aliphatic carbocycles. The molecule has 7 nitrogen and oxygen atoms in total. The topological polar surface area (TPSA) is 96.9 Å². The van der Waals surface area contributed by atoms with Crippen molar-refractivity contribution in [2.45, 2.75) is 6.92 Å². The Morgan fingerprint density at radius 1 is 1.00 bits per heavy atom. The highest BCUT2D eigenvalue weighted by Crippen LogP contribution is 2.29. The molecule has 0 radical (unpaired) electrons. The molecule has 0 aromatic heterocycles. The van der Waals surface area contributed by atoms with E-state index in [1.807, 2.05) is 6.92 Å². The highest BCUT2D eigenvalue weighted by Gasteiger charge is 2.16. The number of amides is 2. The number of hydrogen-bond acceptors (Lipinski definition) is 5. The first-order chi connectivity index (χ1) is 15.7. The summed E-state index contributed by atoms with van der Waals surface area (Å²) in [5.74, 6) is -2.35. The SMILES string of the molecule is Cc1ccc(C(=O)Oc2ccc(Br)cc2/C=N/NC(=O)C(=O)Nc2cccc(Cl)c2Cl)cc1. The van der Waals surface area contributed by atoms with E-state index in [-0.39, 0.29) is 21.5 Å². The summed E-state index contributed by atoms with van der Waals surface area (Å²) < 4.78 is 6.16. The number of nitrogens with zero attached hydrogens (tertiary/aromatic N) is 1. The van der Waals surface area contributed by atoms with Crippen LogP contribution in [0.4, 0.5) is 5.69 Å². The van der Waals surface area contributed by atoms with Crippen molar-refractivity contribution in [1.29, 1.82) is 0 Å². The third-order valence-corrected chi connectivity index (χ3v) is 5.55.